The standard InChI is InChI=1S/C14H24N2O/c1-11(16-13(3)12(2)15)9-17-10-14-7-5-4-6-8-14/h4-8,11-13,16H,9-10,15H2,1-3H3. The molecule has 1 rings (SSSR count). The Hall–Kier alpha value is -0.900. The Morgan fingerprint density at radius 3 is 2.41 bits per heavy atom. The fraction of sp³-hybridized carbons (Fsp3) is 0.571. The lowest BCUT2D eigenvalue weighted by Gasteiger charge is -2.22. The van der Waals surface area contributed by atoms with E-state index in [1.165, 1.54) is 5.56 Å². The topological polar surface area (TPSA) is 47.3 Å². The third-order valence-electron chi connectivity index (χ3n) is 2.82. The van der Waals surface area contributed by atoms with Crippen molar-refractivity contribution < 1.29 is 4.74 Å². The SMILES string of the molecule is CC(COCc1ccccc1)NC(C)C(C)N. The first-order chi connectivity index (χ1) is 8.09. The summed E-state index contributed by atoms with van der Waals surface area (Å²) in [5.41, 5.74) is 7.01. The van der Waals surface area contributed by atoms with Gasteiger partial charge < -0.3 is 15.8 Å². The Labute approximate surface area is 104 Å². The van der Waals surface area contributed by atoms with E-state index in [0.29, 0.717) is 25.3 Å². The quantitative estimate of drug-likeness (QED) is 0.760. The average molecular weight is 236 g/mol. The molecule has 0 aromatic heterocycles. The predicted molar refractivity (Wildman–Crippen MR) is 71.8 cm³/mol. The molecule has 0 saturated heterocycles. The maximum absolute atomic E-state index is 5.80. The van der Waals surface area contributed by atoms with Crippen molar-refractivity contribution in [3.8, 4) is 0 Å². The highest BCUT2D eigenvalue weighted by molar-refractivity contribution is 5.13. The van der Waals surface area contributed by atoms with Gasteiger partial charge in [-0.05, 0) is 26.3 Å². The van der Waals surface area contributed by atoms with Crippen molar-refractivity contribution in [2.24, 2.45) is 5.73 Å². The van der Waals surface area contributed by atoms with Gasteiger partial charge in [-0.1, -0.05) is 30.3 Å². The summed E-state index contributed by atoms with van der Waals surface area (Å²) in [4.78, 5) is 0. The molecule has 1 aromatic carbocycles. The van der Waals surface area contributed by atoms with E-state index in [0.717, 1.165) is 0 Å². The van der Waals surface area contributed by atoms with Crippen LogP contribution in [0.25, 0.3) is 0 Å². The highest BCUT2D eigenvalue weighted by Gasteiger charge is 2.10. The number of rotatable bonds is 7. The van der Waals surface area contributed by atoms with Crippen LogP contribution in [-0.4, -0.2) is 24.7 Å². The minimum Gasteiger partial charge on any atom is -0.375 e. The van der Waals surface area contributed by atoms with Crippen LogP contribution in [0.15, 0.2) is 30.3 Å². The molecule has 3 nitrogen and oxygen atoms in total. The lowest BCUT2D eigenvalue weighted by atomic mass is 10.1. The lowest BCUT2D eigenvalue weighted by Crippen LogP contribution is -2.46. The van der Waals surface area contributed by atoms with E-state index < -0.39 is 0 Å². The third kappa shape index (κ3) is 5.82. The molecule has 17 heavy (non-hydrogen) atoms. The Bertz CT molecular complexity index is 300. The van der Waals surface area contributed by atoms with Gasteiger partial charge in [-0.2, -0.15) is 0 Å². The van der Waals surface area contributed by atoms with Crippen molar-refractivity contribution in [1.82, 2.24) is 5.32 Å². The highest BCUT2D eigenvalue weighted by atomic mass is 16.5. The van der Waals surface area contributed by atoms with Gasteiger partial charge in [-0.3, -0.25) is 0 Å². The summed E-state index contributed by atoms with van der Waals surface area (Å²) in [6, 6.07) is 11.0. The molecule has 0 amide bonds. The van der Waals surface area contributed by atoms with Crippen LogP contribution in [0.5, 0.6) is 0 Å². The normalized spacial score (nSPS) is 16.5. The van der Waals surface area contributed by atoms with E-state index in [1.807, 2.05) is 25.1 Å². The molecule has 0 fully saturated rings. The van der Waals surface area contributed by atoms with Crippen LogP contribution in [0, 0.1) is 0 Å². The van der Waals surface area contributed by atoms with Crippen molar-refractivity contribution in [3.63, 3.8) is 0 Å². The molecule has 0 spiro atoms. The molecule has 96 valence electrons. The van der Waals surface area contributed by atoms with Gasteiger partial charge in [0.25, 0.3) is 0 Å². The zero-order valence-corrected chi connectivity index (χ0v) is 11.0. The second-order valence-corrected chi connectivity index (χ2v) is 4.72. The van der Waals surface area contributed by atoms with Gasteiger partial charge in [-0.15, -0.1) is 0 Å². The summed E-state index contributed by atoms with van der Waals surface area (Å²) in [6.07, 6.45) is 0. The van der Waals surface area contributed by atoms with E-state index in [-0.39, 0.29) is 6.04 Å². The summed E-state index contributed by atoms with van der Waals surface area (Å²) in [7, 11) is 0. The number of nitrogens with two attached hydrogens (primary N) is 1. The van der Waals surface area contributed by atoms with Gasteiger partial charge in [0, 0.05) is 18.1 Å². The van der Waals surface area contributed by atoms with E-state index >= 15 is 0 Å². The number of hydrogen-bond donors (Lipinski definition) is 2. The maximum atomic E-state index is 5.80. The Morgan fingerprint density at radius 2 is 1.82 bits per heavy atom. The third-order valence-corrected chi connectivity index (χ3v) is 2.82. The van der Waals surface area contributed by atoms with Crippen LogP contribution in [0.4, 0.5) is 0 Å². The van der Waals surface area contributed by atoms with Crippen molar-refractivity contribution in [3.05, 3.63) is 35.9 Å². The Balaban J connectivity index is 2.18. The number of benzene rings is 1. The number of nitrogens with one attached hydrogen (secondary N) is 1. The van der Waals surface area contributed by atoms with Crippen LogP contribution in [-0.2, 0) is 11.3 Å². The van der Waals surface area contributed by atoms with E-state index in [9.17, 15) is 0 Å². The molecule has 0 aliphatic carbocycles. The summed E-state index contributed by atoms with van der Waals surface area (Å²) >= 11 is 0. The van der Waals surface area contributed by atoms with Crippen LogP contribution in [0.1, 0.15) is 26.3 Å². The number of ether oxygens (including phenoxy) is 1. The van der Waals surface area contributed by atoms with E-state index in [2.05, 4.69) is 31.3 Å². The van der Waals surface area contributed by atoms with E-state index in [4.69, 9.17) is 10.5 Å². The monoisotopic (exact) mass is 236 g/mol. The molecule has 0 radical (unpaired) electrons. The Kier molecular flexibility index (Phi) is 6.19. The smallest absolute Gasteiger partial charge is 0.0717 e. The molecule has 3 heteroatoms. The summed E-state index contributed by atoms with van der Waals surface area (Å²) in [5.74, 6) is 0. The summed E-state index contributed by atoms with van der Waals surface area (Å²) in [6.45, 7) is 7.59. The molecule has 0 saturated carbocycles. The van der Waals surface area contributed by atoms with Gasteiger partial charge in [-0.25, -0.2) is 0 Å². The van der Waals surface area contributed by atoms with Gasteiger partial charge >= 0.3 is 0 Å². The predicted octanol–water partition coefficient (Wildman–Crippen LogP) is 1.92. The van der Waals surface area contributed by atoms with Crippen LogP contribution >= 0.6 is 0 Å². The lowest BCUT2D eigenvalue weighted by molar-refractivity contribution is 0.0992. The van der Waals surface area contributed by atoms with Crippen LogP contribution < -0.4 is 11.1 Å². The zero-order valence-electron chi connectivity index (χ0n) is 11.0. The van der Waals surface area contributed by atoms with Crippen LogP contribution in [0.2, 0.25) is 0 Å². The van der Waals surface area contributed by atoms with Gasteiger partial charge in [0.15, 0.2) is 0 Å². The van der Waals surface area contributed by atoms with Gasteiger partial charge in [0.05, 0.1) is 13.2 Å². The van der Waals surface area contributed by atoms with E-state index in [1.54, 1.807) is 0 Å². The van der Waals surface area contributed by atoms with Gasteiger partial charge in [0.1, 0.15) is 0 Å². The second kappa shape index (κ2) is 7.43. The first-order valence-corrected chi connectivity index (χ1v) is 6.23. The number of hydrogen-bond acceptors (Lipinski definition) is 3. The van der Waals surface area contributed by atoms with Crippen LogP contribution in [0.3, 0.4) is 0 Å². The highest BCUT2D eigenvalue weighted by Crippen LogP contribution is 2.01. The fourth-order valence-corrected chi connectivity index (χ4v) is 1.58. The molecule has 0 aliphatic rings. The molecular formula is C14H24N2O. The van der Waals surface area contributed by atoms with Crippen molar-refractivity contribution in [2.75, 3.05) is 6.61 Å². The Morgan fingerprint density at radius 1 is 1.18 bits per heavy atom. The largest absolute Gasteiger partial charge is 0.375 e. The molecule has 0 aliphatic heterocycles. The van der Waals surface area contributed by atoms with Crippen molar-refractivity contribution in [2.45, 2.75) is 45.5 Å². The summed E-state index contributed by atoms with van der Waals surface area (Å²) < 4.78 is 5.66. The molecular weight excluding hydrogens is 212 g/mol. The maximum Gasteiger partial charge on any atom is 0.0717 e. The molecule has 1 aromatic rings. The van der Waals surface area contributed by atoms with Crippen molar-refractivity contribution >= 4 is 0 Å². The summed E-state index contributed by atoms with van der Waals surface area (Å²) in [5, 5.41) is 3.42. The minimum atomic E-state index is 0.159. The zero-order chi connectivity index (χ0) is 12.7. The average Bonchev–Trinajstić information content (AvgIpc) is 2.30. The molecule has 0 heterocycles. The van der Waals surface area contributed by atoms with Gasteiger partial charge in [0.2, 0.25) is 0 Å². The second-order valence-electron chi connectivity index (χ2n) is 4.72. The molecule has 0 bridgehead atoms. The first-order valence-electron chi connectivity index (χ1n) is 6.23. The molecule has 3 N–H and O–H groups in total. The van der Waals surface area contributed by atoms with Crippen molar-refractivity contribution in [1.29, 1.82) is 0 Å². The fourth-order valence-electron chi connectivity index (χ4n) is 1.58. The molecule has 3 atom stereocenters. The minimum absolute atomic E-state index is 0.159. The first kappa shape index (κ1) is 14.2. The molecule has 3 unspecified atom stereocenters.